The van der Waals surface area contributed by atoms with Crippen molar-refractivity contribution in [3.8, 4) is 0 Å². The van der Waals surface area contributed by atoms with Crippen molar-refractivity contribution in [3.05, 3.63) is 12.2 Å². The van der Waals surface area contributed by atoms with Crippen molar-refractivity contribution >= 4 is 6.09 Å². The highest BCUT2D eigenvalue weighted by molar-refractivity contribution is 5.68. The second kappa shape index (κ2) is 5.18. The Morgan fingerprint density at radius 2 is 1.84 bits per heavy atom. The normalized spacial score (nSPS) is 33.0. The minimum absolute atomic E-state index is 0.0878. The van der Waals surface area contributed by atoms with Gasteiger partial charge in [-0.2, -0.15) is 0 Å². The Morgan fingerprint density at radius 3 is 2.58 bits per heavy atom. The van der Waals surface area contributed by atoms with Gasteiger partial charge >= 0.3 is 6.09 Å². The first-order valence-corrected chi connectivity index (χ1v) is 7.79. The summed E-state index contributed by atoms with van der Waals surface area (Å²) in [6.07, 6.45) is 12.4. The summed E-state index contributed by atoms with van der Waals surface area (Å²) >= 11 is 0. The molecule has 0 radical (unpaired) electrons. The third kappa shape index (κ3) is 2.80. The number of carbonyl (C=O) groups is 1. The molecule has 3 rings (SSSR count). The number of ether oxygens (including phenoxy) is 1. The molecule has 0 N–H and O–H groups in total. The van der Waals surface area contributed by atoms with E-state index in [1.54, 1.807) is 0 Å². The standard InChI is InChI=1S/C16H25NO2/c1-16(9-4-5-10-16)19-15(18)17-11-8-13-6-2-3-7-14(13)12-17/h4-5,13-14H,2-3,6-12H2,1H3. The zero-order valence-electron chi connectivity index (χ0n) is 11.9. The quantitative estimate of drug-likeness (QED) is 0.674. The molecule has 106 valence electrons. The lowest BCUT2D eigenvalue weighted by Crippen LogP contribution is -2.47. The molecular formula is C16H25NO2. The molecule has 1 aliphatic heterocycles. The lowest BCUT2D eigenvalue weighted by molar-refractivity contribution is -0.00595. The number of carbonyl (C=O) groups excluding carboxylic acids is 1. The third-order valence-corrected chi connectivity index (χ3v) is 5.15. The first-order chi connectivity index (χ1) is 9.16. The Balaban J connectivity index is 1.55. The van der Waals surface area contributed by atoms with Gasteiger partial charge in [0.2, 0.25) is 0 Å². The van der Waals surface area contributed by atoms with Gasteiger partial charge < -0.3 is 9.64 Å². The van der Waals surface area contributed by atoms with Crippen molar-refractivity contribution in [2.24, 2.45) is 11.8 Å². The molecule has 0 spiro atoms. The van der Waals surface area contributed by atoms with Crippen molar-refractivity contribution in [1.29, 1.82) is 0 Å². The van der Waals surface area contributed by atoms with E-state index in [2.05, 4.69) is 12.2 Å². The second-order valence-electron chi connectivity index (χ2n) is 6.74. The van der Waals surface area contributed by atoms with Crippen molar-refractivity contribution in [2.45, 2.75) is 57.5 Å². The van der Waals surface area contributed by atoms with Gasteiger partial charge in [-0.15, -0.1) is 0 Å². The summed E-state index contributed by atoms with van der Waals surface area (Å²) in [6.45, 7) is 3.86. The highest BCUT2D eigenvalue weighted by Crippen LogP contribution is 2.37. The molecule has 3 aliphatic rings. The molecule has 1 amide bonds. The molecule has 0 aromatic rings. The number of fused-ring (bicyclic) bond motifs is 1. The van der Waals surface area contributed by atoms with Gasteiger partial charge in [0.1, 0.15) is 5.60 Å². The molecule has 0 aromatic heterocycles. The van der Waals surface area contributed by atoms with Gasteiger partial charge in [0.25, 0.3) is 0 Å². The average Bonchev–Trinajstić information content (AvgIpc) is 2.84. The fourth-order valence-corrected chi connectivity index (χ4v) is 3.87. The van der Waals surface area contributed by atoms with Gasteiger partial charge in [0.15, 0.2) is 0 Å². The fraction of sp³-hybridized carbons (Fsp3) is 0.812. The van der Waals surface area contributed by atoms with E-state index in [-0.39, 0.29) is 11.7 Å². The molecule has 0 bridgehead atoms. The van der Waals surface area contributed by atoms with E-state index in [9.17, 15) is 4.79 Å². The first kappa shape index (κ1) is 13.0. The van der Waals surface area contributed by atoms with E-state index in [4.69, 9.17) is 4.74 Å². The molecule has 19 heavy (non-hydrogen) atoms. The van der Waals surface area contributed by atoms with Gasteiger partial charge in [0.05, 0.1) is 0 Å². The highest BCUT2D eigenvalue weighted by atomic mass is 16.6. The summed E-state index contributed by atoms with van der Waals surface area (Å²) in [5.41, 5.74) is -0.291. The minimum atomic E-state index is -0.291. The summed E-state index contributed by atoms with van der Waals surface area (Å²) in [5.74, 6) is 1.59. The number of amides is 1. The van der Waals surface area contributed by atoms with E-state index < -0.39 is 0 Å². The van der Waals surface area contributed by atoms with Crippen LogP contribution in [0.3, 0.4) is 0 Å². The zero-order valence-corrected chi connectivity index (χ0v) is 11.9. The van der Waals surface area contributed by atoms with Crippen LogP contribution in [0.5, 0.6) is 0 Å². The van der Waals surface area contributed by atoms with E-state index in [1.807, 2.05) is 11.8 Å². The van der Waals surface area contributed by atoms with E-state index in [1.165, 1.54) is 32.1 Å². The SMILES string of the molecule is CC1(OC(=O)N2CCC3CCCCC3C2)CC=CC1. The summed E-state index contributed by atoms with van der Waals surface area (Å²) in [5, 5.41) is 0. The first-order valence-electron chi connectivity index (χ1n) is 7.79. The Kier molecular flexibility index (Phi) is 3.55. The molecule has 3 heteroatoms. The van der Waals surface area contributed by atoms with Crippen LogP contribution in [-0.2, 0) is 4.74 Å². The van der Waals surface area contributed by atoms with E-state index in [0.717, 1.165) is 37.8 Å². The van der Waals surface area contributed by atoms with Gasteiger partial charge in [-0.1, -0.05) is 31.4 Å². The fourth-order valence-electron chi connectivity index (χ4n) is 3.87. The lowest BCUT2D eigenvalue weighted by atomic mass is 9.75. The van der Waals surface area contributed by atoms with Crippen LogP contribution >= 0.6 is 0 Å². The van der Waals surface area contributed by atoms with Gasteiger partial charge in [-0.25, -0.2) is 4.79 Å². The molecule has 2 unspecified atom stereocenters. The van der Waals surface area contributed by atoms with E-state index >= 15 is 0 Å². The molecule has 2 atom stereocenters. The molecule has 1 saturated heterocycles. The Morgan fingerprint density at radius 1 is 1.16 bits per heavy atom. The van der Waals surface area contributed by atoms with Crippen molar-refractivity contribution < 1.29 is 9.53 Å². The van der Waals surface area contributed by atoms with Gasteiger partial charge in [-0.3, -0.25) is 0 Å². The van der Waals surface area contributed by atoms with Crippen LogP contribution in [0.15, 0.2) is 12.2 Å². The molecule has 0 aromatic carbocycles. The number of hydrogen-bond donors (Lipinski definition) is 0. The summed E-state index contributed by atoms with van der Waals surface area (Å²) in [4.78, 5) is 14.3. The summed E-state index contributed by atoms with van der Waals surface area (Å²) in [6, 6.07) is 0. The van der Waals surface area contributed by atoms with Crippen LogP contribution in [-0.4, -0.2) is 29.7 Å². The van der Waals surface area contributed by atoms with Crippen LogP contribution in [0.2, 0.25) is 0 Å². The monoisotopic (exact) mass is 263 g/mol. The Hall–Kier alpha value is -0.990. The maximum atomic E-state index is 12.3. The van der Waals surface area contributed by atoms with Crippen molar-refractivity contribution in [1.82, 2.24) is 4.90 Å². The Labute approximate surface area is 116 Å². The maximum absolute atomic E-state index is 12.3. The predicted octanol–water partition coefficient (Wildman–Crippen LogP) is 3.74. The average molecular weight is 263 g/mol. The predicted molar refractivity (Wildman–Crippen MR) is 74.9 cm³/mol. The smallest absolute Gasteiger partial charge is 0.410 e. The molecule has 2 fully saturated rings. The number of likely N-dealkylation sites (tertiary alicyclic amines) is 1. The van der Waals surface area contributed by atoms with Crippen molar-refractivity contribution in [2.75, 3.05) is 13.1 Å². The second-order valence-corrected chi connectivity index (χ2v) is 6.74. The number of nitrogens with zero attached hydrogens (tertiary/aromatic N) is 1. The highest BCUT2D eigenvalue weighted by Gasteiger charge is 2.36. The molecule has 2 aliphatic carbocycles. The van der Waals surface area contributed by atoms with E-state index in [0.29, 0.717) is 0 Å². The van der Waals surface area contributed by atoms with Crippen molar-refractivity contribution in [3.63, 3.8) is 0 Å². The molecule has 3 nitrogen and oxygen atoms in total. The lowest BCUT2D eigenvalue weighted by Gasteiger charge is -2.41. The number of piperidine rings is 1. The Bertz CT molecular complexity index is 369. The topological polar surface area (TPSA) is 29.5 Å². The van der Waals surface area contributed by atoms with Crippen LogP contribution in [0.4, 0.5) is 4.79 Å². The summed E-state index contributed by atoms with van der Waals surface area (Å²) < 4.78 is 5.74. The minimum Gasteiger partial charge on any atom is -0.442 e. The van der Waals surface area contributed by atoms with Crippen LogP contribution < -0.4 is 0 Å². The number of rotatable bonds is 1. The van der Waals surface area contributed by atoms with Gasteiger partial charge in [-0.05, 0) is 31.6 Å². The summed E-state index contributed by atoms with van der Waals surface area (Å²) in [7, 11) is 0. The maximum Gasteiger partial charge on any atom is 0.410 e. The molecular weight excluding hydrogens is 238 g/mol. The largest absolute Gasteiger partial charge is 0.442 e. The third-order valence-electron chi connectivity index (χ3n) is 5.15. The zero-order chi connectivity index (χ0) is 13.3. The van der Waals surface area contributed by atoms with Gasteiger partial charge in [0, 0.05) is 25.9 Å². The van der Waals surface area contributed by atoms with Crippen LogP contribution in [0.25, 0.3) is 0 Å². The van der Waals surface area contributed by atoms with Crippen LogP contribution in [0, 0.1) is 11.8 Å². The number of hydrogen-bond acceptors (Lipinski definition) is 2. The van der Waals surface area contributed by atoms with Crippen LogP contribution in [0.1, 0.15) is 51.9 Å². The molecule has 1 heterocycles. The molecule has 1 saturated carbocycles.